The van der Waals surface area contributed by atoms with Crippen LogP contribution >= 0.6 is 0 Å². The highest BCUT2D eigenvalue weighted by molar-refractivity contribution is 5.07. The van der Waals surface area contributed by atoms with Gasteiger partial charge < -0.3 is 15.1 Å². The molecular formula is C20H33N3. The van der Waals surface area contributed by atoms with Gasteiger partial charge in [0, 0.05) is 37.9 Å². The Morgan fingerprint density at radius 2 is 1.74 bits per heavy atom. The molecule has 4 rings (SSSR count). The maximum atomic E-state index is 4.48. The van der Waals surface area contributed by atoms with E-state index in [4.69, 9.17) is 0 Å². The van der Waals surface area contributed by atoms with Gasteiger partial charge in [0.15, 0.2) is 0 Å². The highest BCUT2D eigenvalue weighted by Crippen LogP contribution is 2.46. The summed E-state index contributed by atoms with van der Waals surface area (Å²) in [6.07, 6.45) is 12.5. The van der Waals surface area contributed by atoms with Crippen LogP contribution in [0.3, 0.4) is 0 Å². The van der Waals surface area contributed by atoms with Crippen LogP contribution in [0.15, 0.2) is 24.7 Å². The fourth-order valence-electron chi connectivity index (χ4n) is 5.50. The minimum absolute atomic E-state index is 0.590. The molecule has 3 heteroatoms. The number of likely N-dealkylation sites (tertiary alicyclic amines) is 2. The van der Waals surface area contributed by atoms with Crippen LogP contribution in [0.5, 0.6) is 0 Å². The number of hydrogen-bond donors (Lipinski definition) is 1. The number of allylic oxidation sites excluding steroid dienone is 1. The molecule has 3 aliphatic heterocycles. The van der Waals surface area contributed by atoms with Crippen LogP contribution in [0.1, 0.15) is 57.8 Å². The van der Waals surface area contributed by atoms with Crippen molar-refractivity contribution in [1.82, 2.24) is 15.1 Å². The predicted octanol–water partition coefficient (Wildman–Crippen LogP) is 3.70. The van der Waals surface area contributed by atoms with Gasteiger partial charge in [0.2, 0.25) is 0 Å². The molecule has 23 heavy (non-hydrogen) atoms. The molecule has 0 bridgehead atoms. The quantitative estimate of drug-likeness (QED) is 0.838. The van der Waals surface area contributed by atoms with Crippen molar-refractivity contribution in [2.75, 3.05) is 26.2 Å². The summed E-state index contributed by atoms with van der Waals surface area (Å²) < 4.78 is 0. The van der Waals surface area contributed by atoms with E-state index in [0.717, 1.165) is 18.9 Å². The van der Waals surface area contributed by atoms with E-state index in [1.807, 2.05) is 0 Å². The van der Waals surface area contributed by atoms with E-state index in [0.29, 0.717) is 11.5 Å². The van der Waals surface area contributed by atoms with E-state index >= 15 is 0 Å². The second-order valence-electron chi connectivity index (χ2n) is 8.50. The maximum absolute atomic E-state index is 4.48. The molecule has 3 nitrogen and oxygen atoms in total. The molecule has 2 unspecified atom stereocenters. The van der Waals surface area contributed by atoms with Crippen LogP contribution < -0.4 is 5.32 Å². The maximum Gasteiger partial charge on any atom is 0.0965 e. The second-order valence-corrected chi connectivity index (χ2v) is 8.50. The summed E-state index contributed by atoms with van der Waals surface area (Å²) >= 11 is 0. The zero-order valence-electron chi connectivity index (χ0n) is 14.7. The normalized spacial score (nSPS) is 33.5. The monoisotopic (exact) mass is 315 g/mol. The third kappa shape index (κ3) is 2.99. The van der Waals surface area contributed by atoms with Gasteiger partial charge in [0.05, 0.1) is 5.82 Å². The Morgan fingerprint density at radius 1 is 1.00 bits per heavy atom. The van der Waals surface area contributed by atoms with Gasteiger partial charge in [-0.3, -0.25) is 0 Å². The molecular weight excluding hydrogens is 282 g/mol. The molecule has 4 aliphatic rings. The van der Waals surface area contributed by atoms with Crippen molar-refractivity contribution in [2.24, 2.45) is 11.3 Å². The first kappa shape index (κ1) is 15.4. The largest absolute Gasteiger partial charge is 0.384 e. The van der Waals surface area contributed by atoms with Gasteiger partial charge in [-0.05, 0) is 56.3 Å². The number of piperidine rings is 3. The van der Waals surface area contributed by atoms with Crippen molar-refractivity contribution < 1.29 is 0 Å². The van der Waals surface area contributed by atoms with Gasteiger partial charge in [-0.15, -0.1) is 0 Å². The van der Waals surface area contributed by atoms with Crippen molar-refractivity contribution >= 4 is 0 Å². The Kier molecular flexibility index (Phi) is 4.07. The Morgan fingerprint density at radius 3 is 2.48 bits per heavy atom. The number of nitrogens with zero attached hydrogens (tertiary/aromatic N) is 2. The van der Waals surface area contributed by atoms with Gasteiger partial charge >= 0.3 is 0 Å². The zero-order valence-corrected chi connectivity index (χ0v) is 14.7. The van der Waals surface area contributed by atoms with Crippen LogP contribution in [0.4, 0.5) is 0 Å². The molecule has 2 atom stereocenters. The minimum atomic E-state index is 0.590. The topological polar surface area (TPSA) is 18.5 Å². The fraction of sp³-hybridized carbons (Fsp3) is 0.800. The lowest BCUT2D eigenvalue weighted by Crippen LogP contribution is -2.54. The second kappa shape index (κ2) is 6.07. The van der Waals surface area contributed by atoms with E-state index in [1.165, 1.54) is 82.5 Å². The predicted molar refractivity (Wildman–Crippen MR) is 95.8 cm³/mol. The van der Waals surface area contributed by atoms with Crippen LogP contribution in [0, 0.1) is 11.3 Å². The smallest absolute Gasteiger partial charge is 0.0965 e. The van der Waals surface area contributed by atoms with E-state index in [9.17, 15) is 0 Å². The van der Waals surface area contributed by atoms with Gasteiger partial charge in [-0.2, -0.15) is 0 Å². The summed E-state index contributed by atoms with van der Waals surface area (Å²) in [5.74, 6) is 2.13. The van der Waals surface area contributed by atoms with Crippen molar-refractivity contribution in [3.63, 3.8) is 0 Å². The van der Waals surface area contributed by atoms with E-state index in [-0.39, 0.29) is 0 Å². The first-order valence-corrected chi connectivity index (χ1v) is 9.78. The van der Waals surface area contributed by atoms with Gasteiger partial charge in [0.25, 0.3) is 0 Å². The van der Waals surface area contributed by atoms with Crippen LogP contribution in [0.25, 0.3) is 0 Å². The Bertz CT molecular complexity index is 467. The molecule has 1 saturated carbocycles. The summed E-state index contributed by atoms with van der Waals surface area (Å²) in [4.78, 5) is 5.11. The van der Waals surface area contributed by atoms with Crippen molar-refractivity contribution in [2.45, 2.75) is 63.8 Å². The molecule has 0 aromatic carbocycles. The average molecular weight is 316 g/mol. The first-order valence-electron chi connectivity index (χ1n) is 9.78. The molecule has 1 aliphatic carbocycles. The lowest BCUT2D eigenvalue weighted by atomic mass is 9.77. The Hall–Kier alpha value is -1.12. The third-order valence-electron chi connectivity index (χ3n) is 7.18. The van der Waals surface area contributed by atoms with Gasteiger partial charge in [-0.1, -0.05) is 26.0 Å². The van der Waals surface area contributed by atoms with Crippen molar-refractivity contribution in [3.8, 4) is 0 Å². The average Bonchev–Trinajstić information content (AvgIpc) is 3.02. The van der Waals surface area contributed by atoms with E-state index in [1.54, 1.807) is 0 Å². The highest BCUT2D eigenvalue weighted by atomic mass is 15.3. The summed E-state index contributed by atoms with van der Waals surface area (Å²) in [5, 5.41) is 3.65. The molecule has 3 saturated heterocycles. The van der Waals surface area contributed by atoms with Crippen LogP contribution in [-0.2, 0) is 0 Å². The van der Waals surface area contributed by atoms with Crippen molar-refractivity contribution in [3.05, 3.63) is 24.7 Å². The lowest BCUT2D eigenvalue weighted by molar-refractivity contribution is 0.0772. The molecule has 0 radical (unpaired) electrons. The standard InChI is InChI=1S/C20H33N3/c1-16-5-6-18-7-12-23(15-19(18)21-16)17(2)22-13-10-20(11-14-22)8-3-4-9-20/h18-19,21H,1-15H2. The molecule has 3 heterocycles. The summed E-state index contributed by atoms with van der Waals surface area (Å²) in [7, 11) is 0. The minimum Gasteiger partial charge on any atom is -0.384 e. The van der Waals surface area contributed by atoms with Crippen molar-refractivity contribution in [1.29, 1.82) is 0 Å². The summed E-state index contributed by atoms with van der Waals surface area (Å²) in [6.45, 7) is 13.4. The van der Waals surface area contributed by atoms with E-state index < -0.39 is 0 Å². The molecule has 0 aromatic rings. The van der Waals surface area contributed by atoms with Crippen LogP contribution in [0.2, 0.25) is 0 Å². The summed E-state index contributed by atoms with van der Waals surface area (Å²) in [6, 6.07) is 0.590. The SMILES string of the molecule is C=C1CCC2CCN(C(=C)N3CCC4(CCCC4)CC3)CC2N1. The number of nitrogens with one attached hydrogen (secondary N) is 1. The molecule has 0 aromatic heterocycles. The van der Waals surface area contributed by atoms with Gasteiger partial charge in [-0.25, -0.2) is 0 Å². The third-order valence-corrected chi connectivity index (χ3v) is 7.18. The molecule has 4 fully saturated rings. The number of fused-ring (bicyclic) bond motifs is 1. The highest BCUT2D eigenvalue weighted by Gasteiger charge is 2.39. The van der Waals surface area contributed by atoms with E-state index in [2.05, 4.69) is 28.3 Å². The molecule has 1 N–H and O–H groups in total. The van der Waals surface area contributed by atoms with Crippen LogP contribution in [-0.4, -0.2) is 42.0 Å². The lowest BCUT2D eigenvalue weighted by Gasteiger charge is -2.48. The number of rotatable bonds is 2. The molecule has 0 amide bonds. The molecule has 128 valence electrons. The Labute approximate surface area is 141 Å². The number of hydrogen-bond acceptors (Lipinski definition) is 3. The zero-order chi connectivity index (χ0) is 15.9. The summed E-state index contributed by atoms with van der Waals surface area (Å²) in [5.41, 5.74) is 1.94. The first-order chi connectivity index (χ1) is 11.2. The molecule has 1 spiro atoms. The van der Waals surface area contributed by atoms with Gasteiger partial charge in [0.1, 0.15) is 0 Å². The Balaban J connectivity index is 1.33. The fourth-order valence-corrected chi connectivity index (χ4v) is 5.50.